The number of aromatic nitrogens is 1. The van der Waals surface area contributed by atoms with Crippen molar-refractivity contribution in [2.24, 2.45) is 0 Å². The molecule has 0 saturated heterocycles. The lowest BCUT2D eigenvalue weighted by Gasteiger charge is -2.07. The van der Waals surface area contributed by atoms with Crippen LogP contribution in [-0.4, -0.2) is 10.1 Å². The monoisotopic (exact) mass is 366 g/mol. The van der Waals surface area contributed by atoms with Gasteiger partial charge in [-0.15, -0.1) is 0 Å². The second-order valence-corrected chi connectivity index (χ2v) is 7.35. The Labute approximate surface area is 148 Å². The molecule has 3 nitrogen and oxygen atoms in total. The molecule has 0 aliphatic carbocycles. The molecule has 3 aromatic rings. The topological polar surface area (TPSA) is 45.1 Å². The quantitative estimate of drug-likeness (QED) is 0.611. The van der Waals surface area contributed by atoms with Gasteiger partial charge in [-0.1, -0.05) is 40.6 Å². The molecule has 0 unspecified atom stereocenters. The minimum atomic E-state index is 0.353. The molecule has 0 saturated carbocycles. The van der Waals surface area contributed by atoms with Gasteiger partial charge in [-0.05, 0) is 49.6 Å². The van der Waals surface area contributed by atoms with Crippen LogP contribution in [0.25, 0.3) is 10.2 Å². The van der Waals surface area contributed by atoms with E-state index in [1.807, 2.05) is 32.9 Å². The molecule has 0 atom stereocenters. The third-order valence-corrected chi connectivity index (χ3v) is 5.76. The predicted molar refractivity (Wildman–Crippen MR) is 99.3 cm³/mol. The third kappa shape index (κ3) is 2.99. The molecule has 0 aliphatic rings. The highest BCUT2D eigenvalue weighted by Gasteiger charge is 2.15. The van der Waals surface area contributed by atoms with Crippen LogP contribution in [0.2, 0.25) is 10.0 Å². The number of hydrogen-bond donors (Lipinski definition) is 2. The highest BCUT2D eigenvalue weighted by atomic mass is 35.5. The Morgan fingerprint density at radius 2 is 1.87 bits per heavy atom. The number of aryl methyl sites for hydroxylation is 2. The summed E-state index contributed by atoms with van der Waals surface area (Å²) in [6.45, 7) is 6.38. The van der Waals surface area contributed by atoms with Gasteiger partial charge < -0.3 is 10.4 Å². The smallest absolute Gasteiger partial charge is 0.184 e. The van der Waals surface area contributed by atoms with E-state index in [9.17, 15) is 5.11 Å². The van der Waals surface area contributed by atoms with Gasteiger partial charge in [0.1, 0.15) is 5.75 Å². The molecule has 120 valence electrons. The first kappa shape index (κ1) is 16.4. The summed E-state index contributed by atoms with van der Waals surface area (Å²) in [6.07, 6.45) is 0. The zero-order valence-electron chi connectivity index (χ0n) is 13.0. The molecule has 0 spiro atoms. The zero-order chi connectivity index (χ0) is 16.7. The molecule has 0 amide bonds. The molecule has 2 aromatic carbocycles. The Balaban J connectivity index is 1.92. The van der Waals surface area contributed by atoms with Crippen molar-refractivity contribution in [2.45, 2.75) is 27.3 Å². The molecular formula is C17H16Cl2N2OS. The van der Waals surface area contributed by atoms with Crippen LogP contribution in [0.15, 0.2) is 18.2 Å². The maximum absolute atomic E-state index is 10.2. The Morgan fingerprint density at radius 1 is 1.13 bits per heavy atom. The van der Waals surface area contributed by atoms with E-state index in [-0.39, 0.29) is 0 Å². The second-order valence-electron chi connectivity index (χ2n) is 5.51. The molecule has 2 N–H and O–H groups in total. The highest BCUT2D eigenvalue weighted by molar-refractivity contribution is 7.22. The van der Waals surface area contributed by atoms with E-state index in [0.29, 0.717) is 22.3 Å². The Bertz CT molecular complexity index is 860. The lowest BCUT2D eigenvalue weighted by Crippen LogP contribution is -1.99. The predicted octanol–water partition coefficient (Wildman–Crippen LogP) is 5.85. The van der Waals surface area contributed by atoms with Gasteiger partial charge in [0.25, 0.3) is 0 Å². The van der Waals surface area contributed by atoms with Gasteiger partial charge in [-0.3, -0.25) is 0 Å². The van der Waals surface area contributed by atoms with Crippen molar-refractivity contribution in [3.8, 4) is 5.75 Å². The van der Waals surface area contributed by atoms with E-state index in [4.69, 9.17) is 23.2 Å². The first-order valence-electron chi connectivity index (χ1n) is 7.15. The van der Waals surface area contributed by atoms with E-state index < -0.39 is 0 Å². The van der Waals surface area contributed by atoms with Crippen LogP contribution in [0.3, 0.4) is 0 Å². The van der Waals surface area contributed by atoms with Gasteiger partial charge in [-0.25, -0.2) is 4.98 Å². The summed E-state index contributed by atoms with van der Waals surface area (Å²) in [5.41, 5.74) is 4.66. The largest absolute Gasteiger partial charge is 0.507 e. The van der Waals surface area contributed by atoms with Crippen LogP contribution in [0.1, 0.15) is 22.3 Å². The second kappa shape index (κ2) is 6.19. The fourth-order valence-electron chi connectivity index (χ4n) is 2.48. The number of nitrogens with zero attached hydrogens (tertiary/aromatic N) is 1. The number of fused-ring (bicyclic) bond motifs is 1. The molecule has 0 fully saturated rings. The van der Waals surface area contributed by atoms with Gasteiger partial charge in [0, 0.05) is 22.2 Å². The zero-order valence-corrected chi connectivity index (χ0v) is 15.3. The van der Waals surface area contributed by atoms with E-state index >= 15 is 0 Å². The molecule has 1 heterocycles. The van der Waals surface area contributed by atoms with Gasteiger partial charge in [-0.2, -0.15) is 0 Å². The normalized spacial score (nSPS) is 11.2. The van der Waals surface area contributed by atoms with E-state index in [1.165, 1.54) is 11.3 Å². The lowest BCUT2D eigenvalue weighted by atomic mass is 10.0. The number of aromatic hydroxyl groups is 1. The van der Waals surface area contributed by atoms with Crippen molar-refractivity contribution in [1.29, 1.82) is 0 Å². The standard InChI is InChI=1S/C17H16Cl2N2OS/c1-8-9(2)15(22)10(3)16-14(8)21-17(23-16)20-7-11-4-5-12(18)6-13(11)19/h4-6,22H,7H2,1-3H3,(H,20,21). The average Bonchev–Trinajstić information content (AvgIpc) is 2.94. The number of hydrogen-bond acceptors (Lipinski definition) is 4. The number of phenolic OH excluding ortho intramolecular Hbond substituents is 1. The van der Waals surface area contributed by atoms with Crippen molar-refractivity contribution in [3.63, 3.8) is 0 Å². The van der Waals surface area contributed by atoms with Gasteiger partial charge in [0.05, 0.1) is 10.2 Å². The fourth-order valence-corrected chi connectivity index (χ4v) is 3.98. The van der Waals surface area contributed by atoms with Gasteiger partial charge in [0.2, 0.25) is 0 Å². The molecule has 0 aliphatic heterocycles. The molecule has 3 rings (SSSR count). The van der Waals surface area contributed by atoms with Crippen LogP contribution in [0.5, 0.6) is 5.75 Å². The van der Waals surface area contributed by atoms with E-state index in [0.717, 1.165) is 37.6 Å². The van der Waals surface area contributed by atoms with Gasteiger partial charge >= 0.3 is 0 Å². The number of benzene rings is 2. The molecule has 1 aromatic heterocycles. The SMILES string of the molecule is Cc1c(O)c(C)c2sc(NCc3ccc(Cl)cc3Cl)nc2c1C. The Morgan fingerprint density at radius 3 is 2.57 bits per heavy atom. The molecule has 0 radical (unpaired) electrons. The van der Waals surface area contributed by atoms with Crippen molar-refractivity contribution in [2.75, 3.05) is 5.32 Å². The van der Waals surface area contributed by atoms with Crippen LogP contribution >= 0.6 is 34.5 Å². The summed E-state index contributed by atoms with van der Waals surface area (Å²) in [7, 11) is 0. The molecule has 23 heavy (non-hydrogen) atoms. The van der Waals surface area contributed by atoms with E-state index in [1.54, 1.807) is 6.07 Å². The summed E-state index contributed by atoms with van der Waals surface area (Å²) < 4.78 is 1.01. The summed E-state index contributed by atoms with van der Waals surface area (Å²) in [5.74, 6) is 0.353. The number of rotatable bonds is 3. The third-order valence-electron chi connectivity index (χ3n) is 4.04. The molecule has 6 heteroatoms. The van der Waals surface area contributed by atoms with Crippen molar-refractivity contribution in [1.82, 2.24) is 4.98 Å². The Hall–Kier alpha value is -1.49. The van der Waals surface area contributed by atoms with Crippen molar-refractivity contribution < 1.29 is 5.11 Å². The van der Waals surface area contributed by atoms with Gasteiger partial charge in [0.15, 0.2) is 5.13 Å². The number of nitrogens with one attached hydrogen (secondary N) is 1. The fraction of sp³-hybridized carbons (Fsp3) is 0.235. The number of anilines is 1. The first-order chi connectivity index (χ1) is 10.9. The lowest BCUT2D eigenvalue weighted by molar-refractivity contribution is 0.467. The number of phenols is 1. The summed E-state index contributed by atoms with van der Waals surface area (Å²) in [4.78, 5) is 4.66. The summed E-state index contributed by atoms with van der Waals surface area (Å²) in [6, 6.07) is 5.45. The highest BCUT2D eigenvalue weighted by Crippen LogP contribution is 2.38. The minimum absolute atomic E-state index is 0.353. The Kier molecular flexibility index (Phi) is 4.41. The number of halogens is 2. The summed E-state index contributed by atoms with van der Waals surface area (Å²) in [5, 5.41) is 15.6. The van der Waals surface area contributed by atoms with Crippen LogP contribution in [0, 0.1) is 20.8 Å². The maximum atomic E-state index is 10.2. The van der Waals surface area contributed by atoms with E-state index in [2.05, 4.69) is 10.3 Å². The van der Waals surface area contributed by atoms with Crippen LogP contribution in [0.4, 0.5) is 5.13 Å². The maximum Gasteiger partial charge on any atom is 0.184 e. The van der Waals surface area contributed by atoms with Crippen molar-refractivity contribution in [3.05, 3.63) is 50.5 Å². The molecular weight excluding hydrogens is 351 g/mol. The number of thiazole rings is 1. The van der Waals surface area contributed by atoms with Crippen molar-refractivity contribution >= 4 is 49.9 Å². The summed E-state index contributed by atoms with van der Waals surface area (Å²) >= 11 is 13.6. The first-order valence-corrected chi connectivity index (χ1v) is 8.72. The minimum Gasteiger partial charge on any atom is -0.507 e. The van der Waals surface area contributed by atoms with Crippen LogP contribution in [-0.2, 0) is 6.54 Å². The molecule has 0 bridgehead atoms. The van der Waals surface area contributed by atoms with Crippen LogP contribution < -0.4 is 5.32 Å². The average molecular weight is 367 g/mol.